The summed E-state index contributed by atoms with van der Waals surface area (Å²) in [6.45, 7) is -20.1. The normalized spacial score (nSPS) is 47.3. The molecule has 1 heterocycles. The first-order chi connectivity index (χ1) is 15.2. The van der Waals surface area contributed by atoms with Crippen LogP contribution in [0.3, 0.4) is 0 Å². The lowest BCUT2D eigenvalue weighted by Crippen LogP contribution is -2.46. The summed E-state index contributed by atoms with van der Waals surface area (Å²) in [6, 6.07) is -4.16. The second-order valence-corrected chi connectivity index (χ2v) is 3.18. The third kappa shape index (κ3) is 3.77. The van der Waals surface area contributed by atoms with Crippen LogP contribution in [0, 0.1) is 0 Å². The number of anilines is 1. The minimum atomic E-state index is -4.14. The number of alkyl halides is 1. The molecule has 94 valence electrons. The maximum Gasteiger partial charge on any atom is 0.0660 e. The standard InChI is InChI=1S/C13H18Cl2N2/c14-5-2-6-16-7-9-17(10-8-16)13-4-1-3-12(15)11-13/h1,3-4,11H,2,5-10H2/i1D,2D2,3D,4D,5D2,6D2,7D2,8D2,9D2,10D2,11D. The number of piperazine rings is 1. The molecule has 0 saturated carbocycles. The molecule has 1 aromatic carbocycles. The monoisotopic (exact) mass is 290 g/mol. The molecule has 0 radical (unpaired) electrons. The van der Waals surface area contributed by atoms with Gasteiger partial charge in [-0.1, -0.05) is 17.6 Å². The molecule has 1 aliphatic heterocycles. The van der Waals surface area contributed by atoms with Gasteiger partial charge >= 0.3 is 0 Å². The van der Waals surface area contributed by atoms with Gasteiger partial charge in [-0.3, -0.25) is 4.90 Å². The Morgan fingerprint density at radius 3 is 2.82 bits per heavy atom. The van der Waals surface area contributed by atoms with E-state index in [1.165, 1.54) is 0 Å². The highest BCUT2D eigenvalue weighted by Gasteiger charge is 2.16. The summed E-state index contributed by atoms with van der Waals surface area (Å²) in [4.78, 5) is -1.12. The van der Waals surface area contributed by atoms with Crippen LogP contribution >= 0.6 is 23.2 Å². The van der Waals surface area contributed by atoms with Crippen LogP contribution in [0.25, 0.3) is 0 Å². The van der Waals surface area contributed by atoms with Crippen LogP contribution in [0.4, 0.5) is 5.69 Å². The number of rotatable bonds is 4. The van der Waals surface area contributed by atoms with Gasteiger partial charge in [-0.2, -0.15) is 0 Å². The highest BCUT2D eigenvalue weighted by Crippen LogP contribution is 2.20. The summed E-state index contributed by atoms with van der Waals surface area (Å²) in [5.41, 5.74) is -1.21. The zero-order chi connectivity index (χ0) is 28.1. The molecule has 1 fully saturated rings. The van der Waals surface area contributed by atoms with Crippen LogP contribution < -0.4 is 4.90 Å². The second-order valence-electron chi connectivity index (χ2n) is 2.61. The lowest BCUT2D eigenvalue weighted by molar-refractivity contribution is 0.259. The van der Waals surface area contributed by atoms with Crippen LogP contribution in [-0.2, 0) is 0 Å². The topological polar surface area (TPSA) is 6.48 Å². The minimum Gasteiger partial charge on any atom is -0.369 e. The molecule has 2 rings (SSSR count). The van der Waals surface area contributed by atoms with Gasteiger partial charge in [0.25, 0.3) is 0 Å². The number of nitrogens with zero attached hydrogens (tertiary/aromatic N) is 2. The molecule has 1 saturated heterocycles. The van der Waals surface area contributed by atoms with Crippen molar-refractivity contribution >= 4 is 28.9 Å². The van der Waals surface area contributed by atoms with Crippen molar-refractivity contribution in [3.05, 3.63) is 29.2 Å². The lowest BCUT2D eigenvalue weighted by Gasteiger charge is -2.36. The van der Waals surface area contributed by atoms with Crippen molar-refractivity contribution in [2.24, 2.45) is 0 Å². The summed E-state index contributed by atoms with van der Waals surface area (Å²) in [6.07, 6.45) is -3.96. The van der Waals surface area contributed by atoms with E-state index in [0.717, 1.165) is 0 Å². The van der Waals surface area contributed by atoms with E-state index in [2.05, 4.69) is 0 Å². The van der Waals surface area contributed by atoms with E-state index in [1.807, 2.05) is 0 Å². The Morgan fingerprint density at radius 2 is 2.12 bits per heavy atom. The van der Waals surface area contributed by atoms with Crippen LogP contribution in [0.1, 0.15) is 31.0 Å². The summed E-state index contributed by atoms with van der Waals surface area (Å²) in [5.74, 6) is -3.61. The van der Waals surface area contributed by atoms with Crippen LogP contribution in [0.2, 0.25) is 5.02 Å². The molecule has 0 unspecified atom stereocenters. The fourth-order valence-corrected chi connectivity index (χ4v) is 1.10. The molecular formula is C13H18Cl2N2. The molecule has 1 aliphatic rings. The van der Waals surface area contributed by atoms with E-state index in [0.29, 0.717) is 0 Å². The molecule has 0 bridgehead atoms. The molecule has 0 N–H and O–H groups in total. The molecule has 0 spiro atoms. The predicted molar refractivity (Wildman–Crippen MR) is 75.4 cm³/mol. The molecule has 0 amide bonds. The fraction of sp³-hybridized carbons (Fsp3) is 0.538. The zero-order valence-corrected chi connectivity index (χ0v) is 9.66. The Morgan fingerprint density at radius 1 is 1.35 bits per heavy atom. The van der Waals surface area contributed by atoms with Crippen molar-refractivity contribution in [1.82, 2.24) is 4.90 Å². The van der Waals surface area contributed by atoms with Crippen LogP contribution in [0.15, 0.2) is 24.2 Å². The van der Waals surface area contributed by atoms with Crippen molar-refractivity contribution in [3.8, 4) is 0 Å². The summed E-state index contributed by atoms with van der Waals surface area (Å²) in [5, 5.41) is -0.849. The summed E-state index contributed by atoms with van der Waals surface area (Å²) in [7, 11) is 0. The van der Waals surface area contributed by atoms with Gasteiger partial charge in [-0.15, -0.1) is 11.6 Å². The zero-order valence-electron chi connectivity index (χ0n) is 26.2. The lowest BCUT2D eigenvalue weighted by atomic mass is 10.2. The first-order valence-electron chi connectivity index (χ1n) is 13.2. The largest absolute Gasteiger partial charge is 0.369 e. The Hall–Kier alpha value is -0.440. The minimum absolute atomic E-state index is 0.342. The van der Waals surface area contributed by atoms with E-state index in [9.17, 15) is 0 Å². The maximum absolute atomic E-state index is 8.35. The Labute approximate surface area is 138 Å². The van der Waals surface area contributed by atoms with E-state index in [4.69, 9.17) is 47.9 Å². The van der Waals surface area contributed by atoms with Gasteiger partial charge in [-0.25, -0.2) is 0 Å². The van der Waals surface area contributed by atoms with E-state index < -0.39 is 84.5 Å². The first kappa shape index (κ1) is 3.17. The first-order valence-corrected chi connectivity index (χ1v) is 4.98. The number of benzene rings is 1. The van der Waals surface area contributed by atoms with Gasteiger partial charge < -0.3 is 4.90 Å². The Balaban J connectivity index is 3.01. The molecule has 0 atom stereocenters. The molecule has 17 heavy (non-hydrogen) atoms. The molecular weight excluding hydrogens is 255 g/mol. The molecule has 4 heteroatoms. The third-order valence-corrected chi connectivity index (χ3v) is 1.85. The van der Waals surface area contributed by atoms with E-state index in [1.54, 1.807) is 0 Å². The average molecular weight is 291 g/mol. The van der Waals surface area contributed by atoms with Gasteiger partial charge in [0.05, 0.1) is 11.0 Å². The molecule has 0 aromatic heterocycles. The summed E-state index contributed by atoms with van der Waals surface area (Å²) < 4.78 is 145. The highest BCUT2D eigenvalue weighted by atomic mass is 35.5. The average Bonchev–Trinajstić information content (AvgIpc) is 2.64. The van der Waals surface area contributed by atoms with Crippen molar-refractivity contribution in [1.29, 1.82) is 0 Å². The van der Waals surface area contributed by atoms with Crippen molar-refractivity contribution < 1.29 is 24.7 Å². The van der Waals surface area contributed by atoms with Crippen molar-refractivity contribution in [2.75, 3.05) is 43.2 Å². The van der Waals surface area contributed by atoms with Crippen molar-refractivity contribution in [3.63, 3.8) is 0 Å². The van der Waals surface area contributed by atoms with Gasteiger partial charge in [0.15, 0.2) is 0 Å². The second kappa shape index (κ2) is 6.48. The molecule has 2 nitrogen and oxygen atoms in total. The van der Waals surface area contributed by atoms with Gasteiger partial charge in [0, 0.05) is 56.2 Å². The van der Waals surface area contributed by atoms with Gasteiger partial charge in [0.1, 0.15) is 0 Å². The quantitative estimate of drug-likeness (QED) is 0.787. The Kier molecular flexibility index (Phi) is 1.21. The van der Waals surface area contributed by atoms with Crippen LogP contribution in [-0.4, -0.2) is 43.2 Å². The van der Waals surface area contributed by atoms with Gasteiger partial charge in [-0.05, 0) is 31.0 Å². The Bertz CT molecular complexity index is 977. The molecule has 0 aliphatic carbocycles. The SMILES string of the molecule is [2H]c1c([2H])c(Cl)c([2H])c(N2C([2H])([2H])C([2H])([2H])N(C([2H])([2H])C([2H])([2H])C([2H])([2H])Cl)C([2H])([2H])C2([2H])[2H])c1[2H]. The van der Waals surface area contributed by atoms with E-state index >= 15 is 0 Å². The maximum atomic E-state index is 8.35. The van der Waals surface area contributed by atoms with Gasteiger partial charge in [0.2, 0.25) is 0 Å². The fourth-order valence-electron chi connectivity index (χ4n) is 0.924. The highest BCUT2D eigenvalue weighted by molar-refractivity contribution is 6.30. The predicted octanol–water partition coefficient (Wildman–Crippen LogP) is 3.09. The summed E-state index contributed by atoms with van der Waals surface area (Å²) >= 11 is 11.1. The van der Waals surface area contributed by atoms with E-state index in [-0.39, 0.29) is 4.90 Å². The third-order valence-electron chi connectivity index (χ3n) is 1.57. The number of hydrogen-bond acceptors (Lipinski definition) is 2. The van der Waals surface area contributed by atoms with Crippen LogP contribution in [0.5, 0.6) is 0 Å². The number of halogens is 2. The number of hydrogen-bond donors (Lipinski definition) is 0. The molecule has 1 aromatic rings. The van der Waals surface area contributed by atoms with Crippen molar-refractivity contribution in [2.45, 2.75) is 6.37 Å². The smallest absolute Gasteiger partial charge is 0.0660 e.